The summed E-state index contributed by atoms with van der Waals surface area (Å²) in [5.74, 6) is 0.484. The fraction of sp³-hybridized carbons (Fsp3) is 0.267. The van der Waals surface area contributed by atoms with Gasteiger partial charge < -0.3 is 15.2 Å². The molecule has 0 fully saturated rings. The summed E-state index contributed by atoms with van der Waals surface area (Å²) in [7, 11) is 1.50. The van der Waals surface area contributed by atoms with Gasteiger partial charge in [0.2, 0.25) is 0 Å². The van der Waals surface area contributed by atoms with Crippen LogP contribution in [-0.4, -0.2) is 17.2 Å². The number of nitrogens with zero attached hydrogens (tertiary/aromatic N) is 1. The predicted octanol–water partition coefficient (Wildman–Crippen LogP) is 3.30. The van der Waals surface area contributed by atoms with Crippen LogP contribution in [0.5, 0.6) is 11.5 Å². The predicted molar refractivity (Wildman–Crippen MR) is 79.2 cm³/mol. The van der Waals surface area contributed by atoms with E-state index in [1.54, 1.807) is 18.3 Å². The van der Waals surface area contributed by atoms with Crippen molar-refractivity contribution in [1.82, 2.24) is 10.3 Å². The second-order valence-electron chi connectivity index (χ2n) is 4.47. The topological polar surface area (TPSA) is 54.4 Å². The molecule has 0 radical (unpaired) electrons. The van der Waals surface area contributed by atoms with Crippen LogP contribution in [0.4, 0.5) is 0 Å². The first-order valence-corrected chi connectivity index (χ1v) is 6.69. The summed E-state index contributed by atoms with van der Waals surface area (Å²) in [6.45, 7) is 2.49. The Kier molecular flexibility index (Phi) is 4.82. The van der Waals surface area contributed by atoms with Crippen molar-refractivity contribution in [3.8, 4) is 11.5 Å². The molecular formula is C15H17ClN2O2. The highest BCUT2D eigenvalue weighted by molar-refractivity contribution is 6.30. The molecule has 1 heterocycles. The molecule has 5 heteroatoms. The number of pyridine rings is 1. The van der Waals surface area contributed by atoms with Crippen LogP contribution >= 0.6 is 11.6 Å². The van der Waals surface area contributed by atoms with Gasteiger partial charge in [-0.3, -0.25) is 4.98 Å². The molecule has 0 aliphatic heterocycles. The van der Waals surface area contributed by atoms with E-state index in [1.807, 2.05) is 25.1 Å². The summed E-state index contributed by atoms with van der Waals surface area (Å²) in [6.07, 6.45) is 1.76. The molecule has 2 aromatic rings. The number of phenols is 1. The zero-order chi connectivity index (χ0) is 14.5. The van der Waals surface area contributed by atoms with Gasteiger partial charge in [-0.25, -0.2) is 0 Å². The van der Waals surface area contributed by atoms with Gasteiger partial charge in [-0.1, -0.05) is 17.7 Å². The lowest BCUT2D eigenvalue weighted by molar-refractivity contribution is 0.369. The van der Waals surface area contributed by atoms with Crippen LogP contribution in [0, 0.1) is 0 Å². The van der Waals surface area contributed by atoms with Crippen LogP contribution in [-0.2, 0) is 6.54 Å². The Hall–Kier alpha value is -1.78. The molecule has 4 nitrogen and oxygen atoms in total. The van der Waals surface area contributed by atoms with Crippen molar-refractivity contribution in [2.45, 2.75) is 19.5 Å². The van der Waals surface area contributed by atoms with Gasteiger partial charge in [0.15, 0.2) is 11.5 Å². The van der Waals surface area contributed by atoms with Crippen LogP contribution in [0.15, 0.2) is 36.5 Å². The second-order valence-corrected chi connectivity index (χ2v) is 4.91. The minimum Gasteiger partial charge on any atom is -0.504 e. The number of aromatic hydroxyl groups is 1. The molecule has 106 valence electrons. The average Bonchev–Trinajstić information content (AvgIpc) is 2.48. The normalized spacial score (nSPS) is 12.2. The van der Waals surface area contributed by atoms with E-state index in [0.717, 1.165) is 5.69 Å². The van der Waals surface area contributed by atoms with E-state index in [1.165, 1.54) is 7.11 Å². The Morgan fingerprint density at radius 1 is 1.40 bits per heavy atom. The lowest BCUT2D eigenvalue weighted by atomic mass is 10.1. The zero-order valence-electron chi connectivity index (χ0n) is 11.4. The molecule has 2 rings (SSSR count). The fourth-order valence-corrected chi connectivity index (χ4v) is 2.15. The zero-order valence-corrected chi connectivity index (χ0v) is 12.2. The van der Waals surface area contributed by atoms with Crippen LogP contribution in [0.1, 0.15) is 24.2 Å². The van der Waals surface area contributed by atoms with Gasteiger partial charge in [-0.2, -0.15) is 0 Å². The van der Waals surface area contributed by atoms with Gasteiger partial charge in [0.1, 0.15) is 0 Å². The number of hydrogen-bond donors (Lipinski definition) is 2. The maximum Gasteiger partial charge on any atom is 0.162 e. The number of aromatic nitrogens is 1. The minimum atomic E-state index is 0.0700. The molecule has 1 aromatic carbocycles. The van der Waals surface area contributed by atoms with Crippen molar-refractivity contribution in [2.75, 3.05) is 7.11 Å². The number of hydrogen-bond acceptors (Lipinski definition) is 4. The number of methoxy groups -OCH3 is 1. The van der Waals surface area contributed by atoms with Crippen LogP contribution in [0.3, 0.4) is 0 Å². The third-order valence-corrected chi connectivity index (χ3v) is 3.29. The fourth-order valence-electron chi connectivity index (χ4n) is 1.92. The molecule has 0 saturated heterocycles. The molecule has 2 N–H and O–H groups in total. The Bertz CT molecular complexity index is 576. The van der Waals surface area contributed by atoms with Crippen LogP contribution < -0.4 is 10.1 Å². The molecule has 0 amide bonds. The highest BCUT2D eigenvalue weighted by Gasteiger charge is 2.12. The second kappa shape index (κ2) is 6.59. The first-order valence-electron chi connectivity index (χ1n) is 6.31. The lowest BCUT2D eigenvalue weighted by Gasteiger charge is -2.15. The number of rotatable bonds is 5. The SMILES string of the molecule is COc1cc(Cl)cc(CNC(C)c2ccccn2)c1O. The molecule has 0 saturated carbocycles. The molecule has 20 heavy (non-hydrogen) atoms. The van der Waals surface area contributed by atoms with Gasteiger partial charge in [0.05, 0.1) is 12.8 Å². The van der Waals surface area contributed by atoms with Gasteiger partial charge >= 0.3 is 0 Å². The molecule has 1 atom stereocenters. The van der Waals surface area contributed by atoms with E-state index in [4.69, 9.17) is 16.3 Å². The van der Waals surface area contributed by atoms with E-state index in [2.05, 4.69) is 10.3 Å². The van der Waals surface area contributed by atoms with Gasteiger partial charge in [0.25, 0.3) is 0 Å². The third kappa shape index (κ3) is 3.40. The monoisotopic (exact) mass is 292 g/mol. The van der Waals surface area contributed by atoms with Crippen molar-refractivity contribution < 1.29 is 9.84 Å². The Labute approximate surface area is 123 Å². The number of benzene rings is 1. The highest BCUT2D eigenvalue weighted by Crippen LogP contribution is 2.33. The van der Waals surface area contributed by atoms with Crippen molar-refractivity contribution in [3.63, 3.8) is 0 Å². The third-order valence-electron chi connectivity index (χ3n) is 3.07. The Balaban J connectivity index is 2.09. The van der Waals surface area contributed by atoms with E-state index in [-0.39, 0.29) is 11.8 Å². The number of phenolic OH excluding ortho intramolecular Hbond substituents is 1. The maximum atomic E-state index is 10.1. The van der Waals surface area contributed by atoms with Gasteiger partial charge in [-0.05, 0) is 25.1 Å². The summed E-state index contributed by atoms with van der Waals surface area (Å²) < 4.78 is 5.08. The lowest BCUT2D eigenvalue weighted by Crippen LogP contribution is -2.19. The van der Waals surface area contributed by atoms with Crippen molar-refractivity contribution in [2.24, 2.45) is 0 Å². The van der Waals surface area contributed by atoms with E-state index in [0.29, 0.717) is 22.9 Å². The van der Waals surface area contributed by atoms with E-state index in [9.17, 15) is 5.11 Å². The number of nitrogens with one attached hydrogen (secondary N) is 1. The minimum absolute atomic E-state index is 0.0700. The summed E-state index contributed by atoms with van der Waals surface area (Å²) in [6, 6.07) is 9.15. The Morgan fingerprint density at radius 3 is 2.85 bits per heavy atom. The van der Waals surface area contributed by atoms with E-state index >= 15 is 0 Å². The van der Waals surface area contributed by atoms with Gasteiger partial charge in [-0.15, -0.1) is 0 Å². The molecule has 0 bridgehead atoms. The Morgan fingerprint density at radius 2 is 2.20 bits per heavy atom. The largest absolute Gasteiger partial charge is 0.504 e. The summed E-state index contributed by atoms with van der Waals surface area (Å²) in [5, 5.41) is 13.9. The summed E-state index contributed by atoms with van der Waals surface area (Å²) in [4.78, 5) is 4.29. The first-order chi connectivity index (χ1) is 9.61. The van der Waals surface area contributed by atoms with Crippen molar-refractivity contribution in [3.05, 3.63) is 52.8 Å². The van der Waals surface area contributed by atoms with Crippen LogP contribution in [0.25, 0.3) is 0 Å². The number of ether oxygens (including phenoxy) is 1. The first kappa shape index (κ1) is 14.6. The molecule has 1 unspecified atom stereocenters. The number of halogens is 1. The molecule has 1 aromatic heterocycles. The van der Waals surface area contributed by atoms with Gasteiger partial charge in [0, 0.05) is 35.4 Å². The summed E-state index contributed by atoms with van der Waals surface area (Å²) >= 11 is 6.00. The highest BCUT2D eigenvalue weighted by atomic mass is 35.5. The molecule has 0 aliphatic carbocycles. The average molecular weight is 293 g/mol. The smallest absolute Gasteiger partial charge is 0.162 e. The summed E-state index contributed by atoms with van der Waals surface area (Å²) in [5.41, 5.74) is 1.64. The van der Waals surface area contributed by atoms with Crippen LogP contribution in [0.2, 0.25) is 5.02 Å². The van der Waals surface area contributed by atoms with Crippen molar-refractivity contribution >= 4 is 11.6 Å². The maximum absolute atomic E-state index is 10.1. The molecule has 0 spiro atoms. The standard InChI is InChI=1S/C15H17ClN2O2/c1-10(13-5-3-4-6-17-13)18-9-11-7-12(16)8-14(20-2)15(11)19/h3-8,10,18-19H,9H2,1-2H3. The van der Waals surface area contributed by atoms with Crippen molar-refractivity contribution in [1.29, 1.82) is 0 Å². The molecular weight excluding hydrogens is 276 g/mol. The van der Waals surface area contributed by atoms with E-state index < -0.39 is 0 Å². The quantitative estimate of drug-likeness (QED) is 0.888. The molecule has 0 aliphatic rings.